The summed E-state index contributed by atoms with van der Waals surface area (Å²) in [4.78, 5) is 16.8. The number of nitrogens with zero attached hydrogens (tertiary/aromatic N) is 1. The van der Waals surface area contributed by atoms with Gasteiger partial charge in [-0.1, -0.05) is 18.9 Å². The molecule has 0 amide bonds. The second-order valence-corrected chi connectivity index (χ2v) is 7.15. The minimum atomic E-state index is -0.689. The molecule has 2 atom stereocenters. The van der Waals surface area contributed by atoms with Crippen LogP contribution in [0, 0.1) is 11.7 Å². The second-order valence-electron chi connectivity index (χ2n) is 5.92. The van der Waals surface area contributed by atoms with Crippen molar-refractivity contribution >= 4 is 23.9 Å². The molecule has 0 bridgehead atoms. The molecule has 1 heterocycles. The monoisotopic (exact) mass is 349 g/mol. The number of rotatable bonds is 4. The molecule has 1 aromatic rings. The molecule has 3 rings (SSSR count). The van der Waals surface area contributed by atoms with Gasteiger partial charge in [0.05, 0.1) is 12.2 Å². The highest BCUT2D eigenvalue weighted by molar-refractivity contribution is 8.04. The molecule has 1 N–H and O–H groups in total. The Bertz CT molecular complexity index is 702. The smallest absolute Gasteiger partial charge is 0.337 e. The summed E-state index contributed by atoms with van der Waals surface area (Å²) in [5.74, 6) is -1.25. The molecule has 0 aromatic heterocycles. The largest absolute Gasteiger partial charge is 0.504 e. The molecule has 2 aliphatic rings. The number of hydrogen-bond donors (Lipinski definition) is 1. The molecule has 2 unspecified atom stereocenters. The van der Waals surface area contributed by atoms with Crippen LogP contribution in [0.25, 0.3) is 0 Å². The van der Waals surface area contributed by atoms with Crippen LogP contribution in [0.4, 0.5) is 4.39 Å². The number of fused-ring (bicyclic) bond motifs is 1. The predicted octanol–water partition coefficient (Wildman–Crippen LogP) is 4.03. The second kappa shape index (κ2) is 7.38. The molecule has 0 saturated heterocycles. The number of aromatic hydroxyl groups is 1. The number of thioether (sulfide) groups is 1. The van der Waals surface area contributed by atoms with Gasteiger partial charge in [-0.05, 0) is 31.9 Å². The van der Waals surface area contributed by atoms with Gasteiger partial charge in [0, 0.05) is 22.9 Å². The standard InChI is InChI=1S/C18H20FNO3S/c1-2-23-18(22)15-12-7-3-4-9-14(12)24-17(15)20-10-11-6-5-8-13(19)16(11)21/h5-6,8,10,12,14,21H,2-4,7,9H2,1H3. The number of phenols is 1. The average Bonchev–Trinajstić information content (AvgIpc) is 2.95. The molecular formula is C18H20FNO3S. The molecule has 1 aliphatic heterocycles. The van der Waals surface area contributed by atoms with Crippen LogP contribution in [0.3, 0.4) is 0 Å². The third-order valence-electron chi connectivity index (χ3n) is 4.40. The van der Waals surface area contributed by atoms with Crippen LogP contribution >= 0.6 is 11.8 Å². The zero-order chi connectivity index (χ0) is 17.1. The molecule has 24 heavy (non-hydrogen) atoms. The average molecular weight is 349 g/mol. The van der Waals surface area contributed by atoms with E-state index in [9.17, 15) is 14.3 Å². The first-order valence-corrected chi connectivity index (χ1v) is 9.09. The third kappa shape index (κ3) is 3.34. The molecule has 1 saturated carbocycles. The molecule has 1 aromatic carbocycles. The molecule has 6 heteroatoms. The van der Waals surface area contributed by atoms with Crippen molar-refractivity contribution in [2.75, 3.05) is 6.61 Å². The summed E-state index contributed by atoms with van der Waals surface area (Å²) in [5, 5.41) is 10.7. The molecular weight excluding hydrogens is 329 g/mol. The van der Waals surface area contributed by atoms with E-state index < -0.39 is 11.6 Å². The zero-order valence-corrected chi connectivity index (χ0v) is 14.3. The number of carbonyl (C=O) groups is 1. The molecule has 128 valence electrons. The van der Waals surface area contributed by atoms with Gasteiger partial charge in [-0.15, -0.1) is 11.8 Å². The third-order valence-corrected chi connectivity index (χ3v) is 5.82. The summed E-state index contributed by atoms with van der Waals surface area (Å²) in [6.45, 7) is 2.11. The Balaban J connectivity index is 1.92. The SMILES string of the molecule is CCOC(=O)C1=C(N=Cc2cccc(F)c2O)SC2CCCCC12. The van der Waals surface area contributed by atoms with Crippen LogP contribution in [0.1, 0.15) is 38.2 Å². The Labute approximate surface area is 144 Å². The number of hydrogen-bond acceptors (Lipinski definition) is 5. The van der Waals surface area contributed by atoms with E-state index in [4.69, 9.17) is 4.74 Å². The zero-order valence-electron chi connectivity index (χ0n) is 13.5. The van der Waals surface area contributed by atoms with Gasteiger partial charge in [0.1, 0.15) is 5.03 Å². The lowest BCUT2D eigenvalue weighted by Gasteiger charge is -2.25. The highest BCUT2D eigenvalue weighted by Gasteiger charge is 2.41. The van der Waals surface area contributed by atoms with E-state index in [1.54, 1.807) is 24.8 Å². The number of ether oxygens (including phenoxy) is 1. The summed E-state index contributed by atoms with van der Waals surface area (Å²) in [6.07, 6.45) is 5.70. The Morgan fingerprint density at radius 3 is 3.04 bits per heavy atom. The van der Waals surface area contributed by atoms with Crippen molar-refractivity contribution < 1.29 is 19.0 Å². The maximum atomic E-state index is 13.4. The van der Waals surface area contributed by atoms with Crippen molar-refractivity contribution in [2.24, 2.45) is 10.9 Å². The van der Waals surface area contributed by atoms with E-state index in [1.165, 1.54) is 18.3 Å². The first-order chi connectivity index (χ1) is 11.6. The Morgan fingerprint density at radius 1 is 1.46 bits per heavy atom. The minimum absolute atomic E-state index is 0.177. The van der Waals surface area contributed by atoms with Crippen molar-refractivity contribution in [1.82, 2.24) is 0 Å². The summed E-state index contributed by atoms with van der Waals surface area (Å²) in [5.41, 5.74) is 0.930. The number of carbonyl (C=O) groups excluding carboxylic acids is 1. The van der Waals surface area contributed by atoms with Gasteiger partial charge in [-0.25, -0.2) is 14.2 Å². The quantitative estimate of drug-likeness (QED) is 0.658. The van der Waals surface area contributed by atoms with E-state index in [2.05, 4.69) is 4.99 Å². The first-order valence-electron chi connectivity index (χ1n) is 8.21. The number of esters is 1. The fraction of sp³-hybridized carbons (Fsp3) is 0.444. The van der Waals surface area contributed by atoms with Crippen LogP contribution in [0.15, 0.2) is 33.8 Å². The molecule has 4 nitrogen and oxygen atoms in total. The number of phenolic OH excluding ortho intramolecular Hbond substituents is 1. The van der Waals surface area contributed by atoms with E-state index in [0.717, 1.165) is 25.7 Å². The fourth-order valence-electron chi connectivity index (χ4n) is 3.25. The number of para-hydroxylation sites is 1. The van der Waals surface area contributed by atoms with E-state index >= 15 is 0 Å². The van der Waals surface area contributed by atoms with E-state index in [1.807, 2.05) is 0 Å². The maximum Gasteiger partial charge on any atom is 0.337 e. The van der Waals surface area contributed by atoms with Gasteiger partial charge in [0.2, 0.25) is 0 Å². The lowest BCUT2D eigenvalue weighted by atomic mass is 9.84. The van der Waals surface area contributed by atoms with Gasteiger partial charge in [0.25, 0.3) is 0 Å². The Morgan fingerprint density at radius 2 is 2.25 bits per heavy atom. The molecule has 0 radical (unpaired) electrons. The first kappa shape index (κ1) is 17.0. The highest BCUT2D eigenvalue weighted by atomic mass is 32.2. The molecule has 0 spiro atoms. The van der Waals surface area contributed by atoms with Gasteiger partial charge < -0.3 is 9.84 Å². The Kier molecular flexibility index (Phi) is 5.23. The lowest BCUT2D eigenvalue weighted by Crippen LogP contribution is -2.24. The Hall–Kier alpha value is -1.82. The van der Waals surface area contributed by atoms with Crippen molar-refractivity contribution in [1.29, 1.82) is 0 Å². The van der Waals surface area contributed by atoms with Crippen molar-refractivity contribution in [3.05, 3.63) is 40.2 Å². The fourth-order valence-corrected chi connectivity index (χ4v) is 4.73. The van der Waals surface area contributed by atoms with E-state index in [0.29, 0.717) is 28.0 Å². The van der Waals surface area contributed by atoms with Gasteiger partial charge in [0.15, 0.2) is 11.6 Å². The maximum absolute atomic E-state index is 13.4. The van der Waals surface area contributed by atoms with E-state index in [-0.39, 0.29) is 11.9 Å². The van der Waals surface area contributed by atoms with Crippen LogP contribution in [0.2, 0.25) is 0 Å². The van der Waals surface area contributed by atoms with Crippen molar-refractivity contribution in [3.63, 3.8) is 0 Å². The number of benzene rings is 1. The summed E-state index contributed by atoms with van der Waals surface area (Å²) < 4.78 is 18.6. The van der Waals surface area contributed by atoms with Crippen LogP contribution in [-0.4, -0.2) is 29.1 Å². The minimum Gasteiger partial charge on any atom is -0.504 e. The van der Waals surface area contributed by atoms with Gasteiger partial charge in [-0.2, -0.15) is 0 Å². The highest BCUT2D eigenvalue weighted by Crippen LogP contribution is 2.49. The van der Waals surface area contributed by atoms with Crippen LogP contribution in [-0.2, 0) is 9.53 Å². The van der Waals surface area contributed by atoms with Crippen molar-refractivity contribution in [2.45, 2.75) is 37.9 Å². The predicted molar refractivity (Wildman–Crippen MR) is 92.7 cm³/mol. The summed E-state index contributed by atoms with van der Waals surface area (Å²) in [6, 6.07) is 4.28. The normalized spacial score (nSPS) is 23.6. The summed E-state index contributed by atoms with van der Waals surface area (Å²) >= 11 is 1.59. The van der Waals surface area contributed by atoms with Crippen LogP contribution < -0.4 is 0 Å². The topological polar surface area (TPSA) is 58.9 Å². The summed E-state index contributed by atoms with van der Waals surface area (Å²) in [7, 11) is 0. The molecule has 1 fully saturated rings. The lowest BCUT2D eigenvalue weighted by molar-refractivity contribution is -0.139. The molecule has 1 aliphatic carbocycles. The van der Waals surface area contributed by atoms with Crippen molar-refractivity contribution in [3.8, 4) is 5.75 Å². The number of aliphatic imine (C=N–C) groups is 1. The van der Waals surface area contributed by atoms with Gasteiger partial charge in [-0.3, -0.25) is 0 Å². The number of halogens is 1. The van der Waals surface area contributed by atoms with Crippen LogP contribution in [0.5, 0.6) is 5.75 Å². The van der Waals surface area contributed by atoms with Gasteiger partial charge >= 0.3 is 5.97 Å².